The van der Waals surface area contributed by atoms with Gasteiger partial charge in [0.25, 0.3) is 0 Å². The zero-order chi connectivity index (χ0) is 14.4. The first-order valence-corrected chi connectivity index (χ1v) is 9.91. The van der Waals surface area contributed by atoms with Gasteiger partial charge in [-0.2, -0.15) is 0 Å². The van der Waals surface area contributed by atoms with Crippen LogP contribution in [0.5, 0.6) is 0 Å². The monoisotopic (exact) mass is 289 g/mol. The molecular formula is C20H35N. The molecule has 4 bridgehead atoms. The van der Waals surface area contributed by atoms with Crippen molar-refractivity contribution in [3.8, 4) is 0 Å². The zero-order valence-corrected chi connectivity index (χ0v) is 14.0. The maximum absolute atomic E-state index is 6.79. The third-order valence-corrected chi connectivity index (χ3v) is 7.84. The molecule has 3 unspecified atom stereocenters. The van der Waals surface area contributed by atoms with E-state index in [-0.39, 0.29) is 0 Å². The Hall–Kier alpha value is -0.0400. The normalized spacial score (nSPS) is 50.3. The summed E-state index contributed by atoms with van der Waals surface area (Å²) in [5, 5.41) is 0. The van der Waals surface area contributed by atoms with Gasteiger partial charge in [-0.25, -0.2) is 0 Å². The molecular weight excluding hydrogens is 254 g/mol. The van der Waals surface area contributed by atoms with Crippen LogP contribution in [-0.4, -0.2) is 6.04 Å². The zero-order valence-electron chi connectivity index (χ0n) is 14.0. The van der Waals surface area contributed by atoms with Gasteiger partial charge in [-0.1, -0.05) is 26.2 Å². The molecule has 5 aliphatic carbocycles. The van der Waals surface area contributed by atoms with Gasteiger partial charge in [0.05, 0.1) is 0 Å². The van der Waals surface area contributed by atoms with Gasteiger partial charge in [0.1, 0.15) is 0 Å². The molecule has 0 aliphatic heterocycles. The Morgan fingerprint density at radius 1 is 0.952 bits per heavy atom. The van der Waals surface area contributed by atoms with Crippen molar-refractivity contribution in [2.75, 3.05) is 0 Å². The number of hydrogen-bond donors (Lipinski definition) is 1. The van der Waals surface area contributed by atoms with Crippen LogP contribution in [0.4, 0.5) is 0 Å². The lowest BCUT2D eigenvalue weighted by Gasteiger charge is -2.58. The van der Waals surface area contributed by atoms with Crippen molar-refractivity contribution in [2.24, 2.45) is 40.7 Å². The van der Waals surface area contributed by atoms with Gasteiger partial charge in [-0.05, 0) is 92.8 Å². The topological polar surface area (TPSA) is 26.0 Å². The Bertz CT molecular complexity index is 339. The van der Waals surface area contributed by atoms with Crippen molar-refractivity contribution in [2.45, 2.75) is 90.0 Å². The third kappa shape index (κ3) is 2.80. The Kier molecular flexibility index (Phi) is 3.84. The average molecular weight is 290 g/mol. The molecule has 1 heteroatoms. The Morgan fingerprint density at radius 2 is 1.57 bits per heavy atom. The molecule has 0 aromatic rings. The first-order valence-electron chi connectivity index (χ1n) is 9.91. The number of nitrogens with two attached hydrogens (primary N) is 1. The van der Waals surface area contributed by atoms with Gasteiger partial charge in [0.15, 0.2) is 0 Å². The highest BCUT2D eigenvalue weighted by atomic mass is 14.7. The minimum absolute atomic E-state index is 0.510. The standard InChI is InChI=1S/C20H35N/c1-2-14-4-3-5-18(9-14)19(21)13-20-10-15-6-16(11-20)8-17(7-15)12-20/h14-19H,2-13,21H2,1H3. The number of hydrogen-bond acceptors (Lipinski definition) is 1. The van der Waals surface area contributed by atoms with Crippen molar-refractivity contribution in [3.05, 3.63) is 0 Å². The van der Waals surface area contributed by atoms with Gasteiger partial charge in [-0.3, -0.25) is 0 Å². The van der Waals surface area contributed by atoms with Crippen molar-refractivity contribution in [1.29, 1.82) is 0 Å². The molecule has 0 aromatic heterocycles. The van der Waals surface area contributed by atoms with Gasteiger partial charge < -0.3 is 5.73 Å². The van der Waals surface area contributed by atoms with Crippen LogP contribution in [0.25, 0.3) is 0 Å². The quantitative estimate of drug-likeness (QED) is 0.762. The van der Waals surface area contributed by atoms with Crippen LogP contribution < -0.4 is 5.73 Å². The molecule has 5 rings (SSSR count). The summed E-state index contributed by atoms with van der Waals surface area (Å²) in [5.41, 5.74) is 7.47. The predicted octanol–water partition coefficient (Wildman–Crippen LogP) is 5.14. The summed E-state index contributed by atoms with van der Waals surface area (Å²) in [6.07, 6.45) is 17.8. The van der Waals surface area contributed by atoms with E-state index in [1.807, 2.05) is 0 Å². The van der Waals surface area contributed by atoms with E-state index in [0.29, 0.717) is 11.5 Å². The SMILES string of the molecule is CCC1CCCC(C(N)CC23CC4CC(CC(C4)C2)C3)C1. The largest absolute Gasteiger partial charge is 0.327 e. The molecule has 2 N–H and O–H groups in total. The van der Waals surface area contributed by atoms with E-state index >= 15 is 0 Å². The minimum Gasteiger partial charge on any atom is -0.327 e. The summed E-state index contributed by atoms with van der Waals surface area (Å²) in [6.45, 7) is 2.37. The first kappa shape index (κ1) is 14.5. The second-order valence-corrected chi connectivity index (χ2v) is 9.49. The Morgan fingerprint density at radius 3 is 2.14 bits per heavy atom. The molecule has 5 fully saturated rings. The van der Waals surface area contributed by atoms with Gasteiger partial charge >= 0.3 is 0 Å². The molecule has 0 radical (unpaired) electrons. The fraction of sp³-hybridized carbons (Fsp3) is 1.00. The van der Waals surface area contributed by atoms with Gasteiger partial charge in [0.2, 0.25) is 0 Å². The number of rotatable bonds is 4. The van der Waals surface area contributed by atoms with Gasteiger partial charge in [0, 0.05) is 6.04 Å². The minimum atomic E-state index is 0.510. The van der Waals surface area contributed by atoms with E-state index < -0.39 is 0 Å². The van der Waals surface area contributed by atoms with Crippen LogP contribution in [0.2, 0.25) is 0 Å². The molecule has 0 amide bonds. The summed E-state index contributed by atoms with van der Waals surface area (Å²) in [4.78, 5) is 0. The van der Waals surface area contributed by atoms with Crippen LogP contribution >= 0.6 is 0 Å². The predicted molar refractivity (Wildman–Crippen MR) is 88.9 cm³/mol. The maximum Gasteiger partial charge on any atom is 0.00725 e. The highest BCUT2D eigenvalue weighted by molar-refractivity contribution is 5.03. The van der Waals surface area contributed by atoms with Crippen LogP contribution in [0.1, 0.15) is 84.0 Å². The van der Waals surface area contributed by atoms with Crippen LogP contribution in [0.3, 0.4) is 0 Å². The molecule has 3 atom stereocenters. The highest BCUT2D eigenvalue weighted by Gasteiger charge is 2.51. The summed E-state index contributed by atoms with van der Waals surface area (Å²) < 4.78 is 0. The fourth-order valence-electron chi connectivity index (χ4n) is 7.30. The molecule has 1 nitrogen and oxygen atoms in total. The van der Waals surface area contributed by atoms with Crippen molar-refractivity contribution >= 4 is 0 Å². The smallest absolute Gasteiger partial charge is 0.00725 e. The molecule has 0 aromatic carbocycles. The lowest BCUT2D eigenvalue weighted by atomic mass is 9.48. The molecule has 120 valence electrons. The summed E-state index contributed by atoms with van der Waals surface area (Å²) >= 11 is 0. The molecule has 5 saturated carbocycles. The summed E-state index contributed by atoms with van der Waals surface area (Å²) in [5.74, 6) is 5.07. The van der Waals surface area contributed by atoms with E-state index in [1.54, 1.807) is 19.3 Å². The van der Waals surface area contributed by atoms with Crippen LogP contribution in [0, 0.1) is 35.0 Å². The fourth-order valence-corrected chi connectivity index (χ4v) is 7.30. The second kappa shape index (κ2) is 5.55. The Balaban J connectivity index is 1.41. The van der Waals surface area contributed by atoms with Crippen LogP contribution in [0.15, 0.2) is 0 Å². The molecule has 5 aliphatic rings. The molecule has 0 saturated heterocycles. The van der Waals surface area contributed by atoms with E-state index in [1.165, 1.54) is 57.8 Å². The van der Waals surface area contributed by atoms with E-state index in [4.69, 9.17) is 5.73 Å². The Labute approximate surface area is 131 Å². The first-order chi connectivity index (χ1) is 10.2. The highest BCUT2D eigenvalue weighted by Crippen LogP contribution is 2.61. The molecule has 0 spiro atoms. The third-order valence-electron chi connectivity index (χ3n) is 7.84. The summed E-state index contributed by atoms with van der Waals surface area (Å²) in [7, 11) is 0. The lowest BCUT2D eigenvalue weighted by Crippen LogP contribution is -2.49. The molecule has 21 heavy (non-hydrogen) atoms. The molecule has 0 heterocycles. The van der Waals surface area contributed by atoms with Gasteiger partial charge in [-0.15, -0.1) is 0 Å². The van der Waals surface area contributed by atoms with Crippen molar-refractivity contribution in [1.82, 2.24) is 0 Å². The average Bonchev–Trinajstić information content (AvgIpc) is 2.45. The second-order valence-electron chi connectivity index (χ2n) is 9.49. The lowest BCUT2D eigenvalue weighted by molar-refractivity contribution is -0.0640. The van der Waals surface area contributed by atoms with Crippen LogP contribution in [-0.2, 0) is 0 Å². The van der Waals surface area contributed by atoms with E-state index in [2.05, 4.69) is 6.92 Å². The van der Waals surface area contributed by atoms with Crippen molar-refractivity contribution in [3.63, 3.8) is 0 Å². The van der Waals surface area contributed by atoms with E-state index in [0.717, 1.165) is 29.6 Å². The summed E-state index contributed by atoms with van der Waals surface area (Å²) in [6, 6.07) is 0.510. The van der Waals surface area contributed by atoms with Crippen molar-refractivity contribution < 1.29 is 0 Å². The van der Waals surface area contributed by atoms with E-state index in [9.17, 15) is 0 Å². The maximum atomic E-state index is 6.79.